The average molecular weight is 173 g/mol. The fourth-order valence-corrected chi connectivity index (χ4v) is 1.43. The van der Waals surface area contributed by atoms with Gasteiger partial charge in [-0.25, -0.2) is 0 Å². The van der Waals surface area contributed by atoms with Crippen molar-refractivity contribution in [2.24, 2.45) is 0 Å². The number of rotatable bonds is 3. The van der Waals surface area contributed by atoms with E-state index >= 15 is 0 Å². The van der Waals surface area contributed by atoms with Crippen molar-refractivity contribution in [3.05, 3.63) is 34.9 Å². The minimum Gasteiger partial charge on any atom is -0.198 e. The molecular weight excluding hydrogens is 158 g/mol. The van der Waals surface area contributed by atoms with Gasteiger partial charge in [0.15, 0.2) is 0 Å². The van der Waals surface area contributed by atoms with Gasteiger partial charge in [0.1, 0.15) is 0 Å². The molecule has 0 heterocycles. The number of nitriles is 1. The molecule has 0 fully saturated rings. The molecule has 13 heavy (non-hydrogen) atoms. The molecule has 0 aromatic heterocycles. The smallest absolute Gasteiger partial charge is 0.0621 e. The van der Waals surface area contributed by atoms with Crippen molar-refractivity contribution in [1.82, 2.24) is 0 Å². The van der Waals surface area contributed by atoms with Gasteiger partial charge >= 0.3 is 0 Å². The van der Waals surface area contributed by atoms with Gasteiger partial charge in [0.05, 0.1) is 6.07 Å². The topological polar surface area (TPSA) is 23.8 Å². The average Bonchev–Trinajstić information content (AvgIpc) is 2.11. The maximum atomic E-state index is 8.42. The summed E-state index contributed by atoms with van der Waals surface area (Å²) in [6, 6.07) is 8.66. The van der Waals surface area contributed by atoms with Gasteiger partial charge in [-0.2, -0.15) is 5.26 Å². The molecule has 0 unspecified atom stereocenters. The van der Waals surface area contributed by atoms with E-state index in [1.165, 1.54) is 16.7 Å². The predicted molar refractivity (Wildman–Crippen MR) is 54.5 cm³/mol. The first kappa shape index (κ1) is 9.80. The van der Waals surface area contributed by atoms with Crippen LogP contribution in [0.25, 0.3) is 0 Å². The highest BCUT2D eigenvalue weighted by Crippen LogP contribution is 2.13. The van der Waals surface area contributed by atoms with Crippen LogP contribution in [0.15, 0.2) is 18.2 Å². The molecule has 1 aromatic rings. The van der Waals surface area contributed by atoms with Gasteiger partial charge in [-0.3, -0.25) is 0 Å². The van der Waals surface area contributed by atoms with E-state index < -0.39 is 0 Å². The van der Waals surface area contributed by atoms with E-state index in [1.807, 2.05) is 0 Å². The molecular formula is C12H15N. The number of nitrogens with zero attached hydrogens (tertiary/aromatic N) is 1. The molecule has 0 saturated heterocycles. The molecule has 1 aromatic carbocycles. The highest BCUT2D eigenvalue weighted by molar-refractivity contribution is 5.30. The van der Waals surface area contributed by atoms with E-state index in [9.17, 15) is 0 Å². The van der Waals surface area contributed by atoms with E-state index in [-0.39, 0.29) is 0 Å². The van der Waals surface area contributed by atoms with Crippen molar-refractivity contribution in [3.8, 4) is 6.07 Å². The largest absolute Gasteiger partial charge is 0.198 e. The van der Waals surface area contributed by atoms with E-state index in [0.29, 0.717) is 6.42 Å². The number of unbranched alkanes of at least 4 members (excludes halogenated alkanes) is 1. The molecule has 0 N–H and O–H groups in total. The summed E-state index contributed by atoms with van der Waals surface area (Å²) in [5.74, 6) is 0. The molecule has 0 atom stereocenters. The first-order valence-corrected chi connectivity index (χ1v) is 4.67. The van der Waals surface area contributed by atoms with Gasteiger partial charge < -0.3 is 0 Å². The van der Waals surface area contributed by atoms with E-state index in [1.54, 1.807) is 0 Å². The number of aryl methyl sites for hydroxylation is 3. The van der Waals surface area contributed by atoms with E-state index in [0.717, 1.165) is 12.8 Å². The fourth-order valence-electron chi connectivity index (χ4n) is 1.43. The van der Waals surface area contributed by atoms with Crippen molar-refractivity contribution in [2.45, 2.75) is 33.1 Å². The second-order valence-electron chi connectivity index (χ2n) is 3.44. The van der Waals surface area contributed by atoms with Crippen LogP contribution in [-0.2, 0) is 6.42 Å². The SMILES string of the molecule is Cc1ccc(C)c(CCCC#N)c1. The van der Waals surface area contributed by atoms with Gasteiger partial charge in [-0.15, -0.1) is 0 Å². The summed E-state index contributed by atoms with van der Waals surface area (Å²) in [4.78, 5) is 0. The van der Waals surface area contributed by atoms with Crippen molar-refractivity contribution in [1.29, 1.82) is 5.26 Å². The third kappa shape index (κ3) is 2.91. The Kier molecular flexibility index (Phi) is 3.52. The summed E-state index contributed by atoms with van der Waals surface area (Å²) in [6.07, 6.45) is 2.66. The molecule has 0 aliphatic carbocycles. The lowest BCUT2D eigenvalue weighted by Crippen LogP contribution is -1.90. The van der Waals surface area contributed by atoms with Crippen LogP contribution in [-0.4, -0.2) is 0 Å². The van der Waals surface area contributed by atoms with Gasteiger partial charge in [0.2, 0.25) is 0 Å². The highest BCUT2D eigenvalue weighted by Gasteiger charge is 1.97. The third-order valence-corrected chi connectivity index (χ3v) is 2.24. The van der Waals surface area contributed by atoms with Crippen LogP contribution in [0.5, 0.6) is 0 Å². The highest BCUT2D eigenvalue weighted by atomic mass is 14.2. The van der Waals surface area contributed by atoms with Gasteiger partial charge in [0.25, 0.3) is 0 Å². The Hall–Kier alpha value is -1.29. The standard InChI is InChI=1S/C12H15N/c1-10-6-7-11(2)12(9-10)5-3-4-8-13/h6-7,9H,3-5H2,1-2H3. The molecule has 0 bridgehead atoms. The minimum atomic E-state index is 0.660. The first-order chi connectivity index (χ1) is 6.24. The molecule has 0 saturated carbocycles. The fraction of sp³-hybridized carbons (Fsp3) is 0.417. The second kappa shape index (κ2) is 4.67. The molecule has 1 rings (SSSR count). The lowest BCUT2D eigenvalue weighted by molar-refractivity contribution is 0.844. The molecule has 0 amide bonds. The van der Waals surface area contributed by atoms with Gasteiger partial charge in [0, 0.05) is 6.42 Å². The summed E-state index contributed by atoms with van der Waals surface area (Å²) in [7, 11) is 0. The van der Waals surface area contributed by atoms with Crippen molar-refractivity contribution in [2.75, 3.05) is 0 Å². The number of benzene rings is 1. The Labute approximate surface area is 80.0 Å². The zero-order chi connectivity index (χ0) is 9.68. The van der Waals surface area contributed by atoms with Crippen LogP contribution in [0, 0.1) is 25.2 Å². The first-order valence-electron chi connectivity index (χ1n) is 4.67. The van der Waals surface area contributed by atoms with Crippen LogP contribution < -0.4 is 0 Å². The lowest BCUT2D eigenvalue weighted by Gasteiger charge is -2.05. The lowest BCUT2D eigenvalue weighted by atomic mass is 10.0. The quantitative estimate of drug-likeness (QED) is 0.644. The Morgan fingerprint density at radius 3 is 2.77 bits per heavy atom. The molecule has 68 valence electrons. The van der Waals surface area contributed by atoms with Crippen LogP contribution in [0.1, 0.15) is 29.5 Å². The van der Waals surface area contributed by atoms with Crippen molar-refractivity contribution < 1.29 is 0 Å². The number of hydrogen-bond donors (Lipinski definition) is 0. The summed E-state index contributed by atoms with van der Waals surface area (Å²) in [5.41, 5.74) is 4.02. The maximum Gasteiger partial charge on any atom is 0.0621 e. The maximum absolute atomic E-state index is 8.42. The molecule has 0 radical (unpaired) electrons. The second-order valence-corrected chi connectivity index (χ2v) is 3.44. The molecule has 0 aliphatic rings. The summed E-state index contributed by atoms with van der Waals surface area (Å²) < 4.78 is 0. The number of hydrogen-bond acceptors (Lipinski definition) is 1. The predicted octanol–water partition coefficient (Wildman–Crippen LogP) is 3.15. The normalized spacial score (nSPS) is 9.62. The van der Waals surface area contributed by atoms with Crippen LogP contribution >= 0.6 is 0 Å². The zero-order valence-electron chi connectivity index (χ0n) is 8.30. The zero-order valence-corrected chi connectivity index (χ0v) is 8.30. The van der Waals surface area contributed by atoms with Crippen molar-refractivity contribution >= 4 is 0 Å². The molecule has 1 nitrogen and oxygen atoms in total. The monoisotopic (exact) mass is 173 g/mol. The third-order valence-electron chi connectivity index (χ3n) is 2.24. The Balaban J connectivity index is 2.65. The van der Waals surface area contributed by atoms with E-state index in [4.69, 9.17) is 5.26 Å². The van der Waals surface area contributed by atoms with Crippen LogP contribution in [0.4, 0.5) is 0 Å². The van der Waals surface area contributed by atoms with Crippen molar-refractivity contribution in [3.63, 3.8) is 0 Å². The van der Waals surface area contributed by atoms with Crippen LogP contribution in [0.2, 0.25) is 0 Å². The molecule has 0 spiro atoms. The Morgan fingerprint density at radius 2 is 2.08 bits per heavy atom. The summed E-state index contributed by atoms with van der Waals surface area (Å²) in [5, 5.41) is 8.42. The Bertz CT molecular complexity index is 320. The molecule has 1 heteroatoms. The summed E-state index contributed by atoms with van der Waals surface area (Å²) in [6.45, 7) is 4.23. The van der Waals surface area contributed by atoms with Crippen LogP contribution in [0.3, 0.4) is 0 Å². The van der Waals surface area contributed by atoms with Gasteiger partial charge in [-0.1, -0.05) is 23.8 Å². The van der Waals surface area contributed by atoms with Gasteiger partial charge in [-0.05, 0) is 37.8 Å². The van der Waals surface area contributed by atoms with E-state index in [2.05, 4.69) is 38.1 Å². The minimum absolute atomic E-state index is 0.660. The Morgan fingerprint density at radius 1 is 1.31 bits per heavy atom. The molecule has 0 aliphatic heterocycles. The summed E-state index contributed by atoms with van der Waals surface area (Å²) >= 11 is 0.